The van der Waals surface area contributed by atoms with E-state index in [1.54, 1.807) is 6.42 Å². The Labute approximate surface area is 157 Å². The van der Waals surface area contributed by atoms with Crippen LogP contribution in [0.1, 0.15) is 85.0 Å². The second-order valence-electron chi connectivity index (χ2n) is 11.5. The standard InChI is InChI=1S/C22H35GeO/c1-19(2)17-4-5-20(19,3)18(9-17)24-7-6-21-10-15-8-16(11-21)13-22(23,12-15)14-21/h15-18H,4-14H2,1-3H3/t15-,16+,17?,18?,20?,21?,22?. The van der Waals surface area contributed by atoms with E-state index in [-0.39, 0.29) is 0 Å². The van der Waals surface area contributed by atoms with E-state index in [2.05, 4.69) is 37.3 Å². The van der Waals surface area contributed by atoms with Crippen LogP contribution in [0.4, 0.5) is 0 Å². The zero-order chi connectivity index (χ0) is 16.8. The van der Waals surface area contributed by atoms with Gasteiger partial charge in [0.25, 0.3) is 0 Å². The molecule has 6 aliphatic carbocycles. The van der Waals surface area contributed by atoms with Gasteiger partial charge in [0.2, 0.25) is 0 Å². The fourth-order valence-electron chi connectivity index (χ4n) is 8.54. The van der Waals surface area contributed by atoms with Crippen LogP contribution in [-0.2, 0) is 4.74 Å². The van der Waals surface area contributed by atoms with Crippen molar-refractivity contribution in [1.82, 2.24) is 0 Å². The molecule has 0 spiro atoms. The van der Waals surface area contributed by atoms with Crippen LogP contribution in [-0.4, -0.2) is 29.2 Å². The first-order valence-electron chi connectivity index (χ1n) is 10.6. The SMILES string of the molecule is CC1(C)C2CCC1(C)C(OCCC13C[C@@H]4C[C@@H](C[C]([Ge])(C4)C1)C3)C2. The van der Waals surface area contributed by atoms with Crippen LogP contribution in [0.5, 0.6) is 0 Å². The molecule has 133 valence electrons. The molecule has 0 aliphatic heterocycles. The molecule has 6 bridgehead atoms. The van der Waals surface area contributed by atoms with Crippen molar-refractivity contribution < 1.29 is 4.74 Å². The van der Waals surface area contributed by atoms with Crippen LogP contribution in [0.2, 0.25) is 4.25 Å². The van der Waals surface area contributed by atoms with Crippen LogP contribution in [0, 0.1) is 34.0 Å². The van der Waals surface area contributed by atoms with Gasteiger partial charge in [-0.05, 0) is 0 Å². The van der Waals surface area contributed by atoms with Gasteiger partial charge in [-0.15, -0.1) is 0 Å². The summed E-state index contributed by atoms with van der Waals surface area (Å²) in [4.78, 5) is 0. The molecular formula is C22H35GeO. The molecule has 3 radical (unpaired) electrons. The molecule has 0 aromatic rings. The first-order chi connectivity index (χ1) is 11.2. The quantitative estimate of drug-likeness (QED) is 0.575. The van der Waals surface area contributed by atoms with E-state index in [0.29, 0.717) is 26.6 Å². The Morgan fingerprint density at radius 2 is 1.71 bits per heavy atom. The Balaban J connectivity index is 1.24. The van der Waals surface area contributed by atoms with E-state index in [9.17, 15) is 0 Å². The summed E-state index contributed by atoms with van der Waals surface area (Å²) in [6, 6.07) is 0. The summed E-state index contributed by atoms with van der Waals surface area (Å²) in [5.74, 6) is 3.01. The van der Waals surface area contributed by atoms with Gasteiger partial charge in [0, 0.05) is 0 Å². The van der Waals surface area contributed by atoms with Crippen LogP contribution >= 0.6 is 0 Å². The molecule has 0 aromatic carbocycles. The summed E-state index contributed by atoms with van der Waals surface area (Å²) in [6.45, 7) is 8.58. The summed E-state index contributed by atoms with van der Waals surface area (Å²) in [5, 5.41) is 0. The van der Waals surface area contributed by atoms with E-state index in [1.165, 1.54) is 57.8 Å². The second-order valence-corrected chi connectivity index (χ2v) is 13.7. The maximum atomic E-state index is 6.65. The van der Waals surface area contributed by atoms with Crippen molar-refractivity contribution in [1.29, 1.82) is 0 Å². The van der Waals surface area contributed by atoms with Crippen LogP contribution in [0.15, 0.2) is 0 Å². The summed E-state index contributed by atoms with van der Waals surface area (Å²) < 4.78 is 7.33. The monoisotopic (exact) mass is 389 g/mol. The average Bonchev–Trinajstić information content (AvgIpc) is 2.77. The second kappa shape index (κ2) is 5.06. The fourth-order valence-corrected chi connectivity index (χ4v) is 10.5. The molecule has 0 saturated heterocycles. The van der Waals surface area contributed by atoms with Gasteiger partial charge >= 0.3 is 157 Å². The molecule has 1 nitrogen and oxygen atoms in total. The molecule has 24 heavy (non-hydrogen) atoms. The third-order valence-electron chi connectivity index (χ3n) is 9.85. The Morgan fingerprint density at radius 1 is 1.00 bits per heavy atom. The van der Waals surface area contributed by atoms with Crippen LogP contribution in [0.3, 0.4) is 0 Å². The van der Waals surface area contributed by atoms with Crippen molar-refractivity contribution >= 4 is 16.5 Å². The molecule has 7 atom stereocenters. The Hall–Kier alpha value is 0.503. The molecule has 5 unspecified atom stereocenters. The first kappa shape index (κ1) is 16.7. The van der Waals surface area contributed by atoms with Gasteiger partial charge < -0.3 is 0 Å². The zero-order valence-corrected chi connectivity index (χ0v) is 18.1. The average molecular weight is 388 g/mol. The van der Waals surface area contributed by atoms with Crippen molar-refractivity contribution in [2.45, 2.75) is 95.3 Å². The minimum absolute atomic E-state index is 0.436. The predicted molar refractivity (Wildman–Crippen MR) is 99.1 cm³/mol. The summed E-state index contributed by atoms with van der Waals surface area (Å²) in [5.41, 5.74) is 1.59. The fraction of sp³-hybridized carbons (Fsp3) is 1.00. The molecular weight excluding hydrogens is 353 g/mol. The third-order valence-corrected chi connectivity index (χ3v) is 11.1. The number of fused-ring (bicyclic) bond motifs is 2. The van der Waals surface area contributed by atoms with Crippen LogP contribution in [0.25, 0.3) is 0 Å². The van der Waals surface area contributed by atoms with Gasteiger partial charge in [-0.2, -0.15) is 0 Å². The maximum absolute atomic E-state index is 6.65. The van der Waals surface area contributed by atoms with Gasteiger partial charge in [-0.3, -0.25) is 0 Å². The van der Waals surface area contributed by atoms with Gasteiger partial charge in [-0.25, -0.2) is 0 Å². The molecule has 0 aromatic heterocycles. The molecule has 6 aliphatic rings. The molecule has 6 fully saturated rings. The predicted octanol–water partition coefficient (Wildman–Crippen LogP) is 5.54. The molecule has 0 N–H and O–H groups in total. The number of rotatable bonds is 4. The van der Waals surface area contributed by atoms with Crippen molar-refractivity contribution in [2.75, 3.05) is 6.61 Å². The van der Waals surface area contributed by atoms with Crippen molar-refractivity contribution in [3.8, 4) is 0 Å². The first-order valence-corrected chi connectivity index (χ1v) is 11.7. The Kier molecular flexibility index (Phi) is 3.51. The number of hydrogen-bond acceptors (Lipinski definition) is 1. The summed E-state index contributed by atoms with van der Waals surface area (Å²) >= 11 is 2.60. The Morgan fingerprint density at radius 3 is 2.25 bits per heavy atom. The summed E-state index contributed by atoms with van der Waals surface area (Å²) in [6.07, 6.45) is 15.2. The van der Waals surface area contributed by atoms with E-state index >= 15 is 0 Å². The van der Waals surface area contributed by atoms with Gasteiger partial charge in [0.15, 0.2) is 0 Å². The normalized spacial score (nSPS) is 57.0. The Bertz CT molecular complexity index is 526. The van der Waals surface area contributed by atoms with Crippen molar-refractivity contribution in [3.63, 3.8) is 0 Å². The number of ether oxygens (including phenoxy) is 1. The van der Waals surface area contributed by atoms with E-state index in [4.69, 9.17) is 4.74 Å². The van der Waals surface area contributed by atoms with Gasteiger partial charge in [-0.1, -0.05) is 0 Å². The molecule has 0 heterocycles. The summed E-state index contributed by atoms with van der Waals surface area (Å²) in [7, 11) is 0. The van der Waals surface area contributed by atoms with E-state index in [0.717, 1.165) is 24.4 Å². The van der Waals surface area contributed by atoms with E-state index < -0.39 is 0 Å². The molecule has 0 amide bonds. The van der Waals surface area contributed by atoms with Gasteiger partial charge in [0.05, 0.1) is 0 Å². The zero-order valence-electron chi connectivity index (χ0n) is 16.0. The van der Waals surface area contributed by atoms with Crippen molar-refractivity contribution in [2.24, 2.45) is 34.0 Å². The molecule has 6 saturated carbocycles. The van der Waals surface area contributed by atoms with Crippen molar-refractivity contribution in [3.05, 3.63) is 0 Å². The van der Waals surface area contributed by atoms with Crippen LogP contribution < -0.4 is 0 Å². The third kappa shape index (κ3) is 2.22. The topological polar surface area (TPSA) is 9.23 Å². The van der Waals surface area contributed by atoms with Gasteiger partial charge in [0.1, 0.15) is 0 Å². The molecule has 6 rings (SSSR count). The minimum atomic E-state index is 0.436. The molecule has 2 heteroatoms. The number of hydrogen-bond donors (Lipinski definition) is 0. The van der Waals surface area contributed by atoms with E-state index in [1.807, 2.05) is 0 Å².